The zero-order chi connectivity index (χ0) is 16.3. The maximum absolute atomic E-state index is 12.3. The number of carboxylic acid groups (broad SMARTS) is 1. The van der Waals surface area contributed by atoms with Crippen molar-refractivity contribution in [2.45, 2.75) is 64.5 Å². The third-order valence-corrected chi connectivity index (χ3v) is 4.71. The Bertz CT molecular complexity index is 449. The standard InChI is InChI=1S/C16H26N2O4/c1-10(2)17-13(19)7-4-8-14(20)18-9-11-5-3-6-12(11)15(18)16(21)22/h10-12,15H,3-9H2,1-2H3,(H,17,19)(H,21,22). The lowest BCUT2D eigenvalue weighted by molar-refractivity contribution is -0.149. The Hall–Kier alpha value is -1.59. The van der Waals surface area contributed by atoms with Crippen molar-refractivity contribution < 1.29 is 19.5 Å². The summed E-state index contributed by atoms with van der Waals surface area (Å²) in [6.45, 7) is 4.35. The van der Waals surface area contributed by atoms with E-state index in [9.17, 15) is 19.5 Å². The second kappa shape index (κ2) is 7.11. The molecule has 0 bridgehead atoms. The van der Waals surface area contributed by atoms with Crippen LogP contribution in [0.5, 0.6) is 0 Å². The number of nitrogens with one attached hydrogen (secondary N) is 1. The number of aliphatic carboxylic acids is 1. The molecule has 6 nitrogen and oxygen atoms in total. The summed E-state index contributed by atoms with van der Waals surface area (Å²) in [7, 11) is 0. The summed E-state index contributed by atoms with van der Waals surface area (Å²) in [6.07, 6.45) is 4.01. The lowest BCUT2D eigenvalue weighted by Crippen LogP contribution is -2.43. The molecule has 124 valence electrons. The fraction of sp³-hybridized carbons (Fsp3) is 0.812. The smallest absolute Gasteiger partial charge is 0.326 e. The number of hydrogen-bond donors (Lipinski definition) is 2. The summed E-state index contributed by atoms with van der Waals surface area (Å²) in [5, 5.41) is 12.2. The summed E-state index contributed by atoms with van der Waals surface area (Å²) >= 11 is 0. The Labute approximate surface area is 131 Å². The van der Waals surface area contributed by atoms with Crippen molar-refractivity contribution in [1.82, 2.24) is 10.2 Å². The van der Waals surface area contributed by atoms with Gasteiger partial charge in [0.05, 0.1) is 0 Å². The molecule has 6 heteroatoms. The molecule has 2 aliphatic rings. The predicted octanol–water partition coefficient (Wildman–Crippen LogP) is 1.39. The van der Waals surface area contributed by atoms with E-state index in [4.69, 9.17) is 0 Å². The van der Waals surface area contributed by atoms with E-state index in [-0.39, 0.29) is 30.2 Å². The predicted molar refractivity (Wildman–Crippen MR) is 81.1 cm³/mol. The Balaban J connectivity index is 1.84. The maximum Gasteiger partial charge on any atom is 0.326 e. The minimum Gasteiger partial charge on any atom is -0.480 e. The van der Waals surface area contributed by atoms with Crippen LogP contribution < -0.4 is 5.32 Å². The van der Waals surface area contributed by atoms with E-state index in [0.717, 1.165) is 19.3 Å². The normalized spacial score (nSPS) is 27.0. The van der Waals surface area contributed by atoms with Gasteiger partial charge in [0.1, 0.15) is 6.04 Å². The molecule has 2 rings (SSSR count). The molecule has 1 saturated carbocycles. The highest BCUT2D eigenvalue weighted by Gasteiger charge is 2.49. The monoisotopic (exact) mass is 310 g/mol. The fourth-order valence-electron chi connectivity index (χ4n) is 3.82. The van der Waals surface area contributed by atoms with Crippen LogP contribution in [-0.4, -0.2) is 46.4 Å². The number of carboxylic acids is 1. The van der Waals surface area contributed by atoms with Gasteiger partial charge in [0.2, 0.25) is 11.8 Å². The van der Waals surface area contributed by atoms with Crippen LogP contribution in [0.15, 0.2) is 0 Å². The summed E-state index contributed by atoms with van der Waals surface area (Å²) < 4.78 is 0. The van der Waals surface area contributed by atoms with Gasteiger partial charge in [-0.05, 0) is 44.9 Å². The van der Waals surface area contributed by atoms with Crippen molar-refractivity contribution in [1.29, 1.82) is 0 Å². The average molecular weight is 310 g/mol. The van der Waals surface area contributed by atoms with Gasteiger partial charge in [-0.2, -0.15) is 0 Å². The summed E-state index contributed by atoms with van der Waals surface area (Å²) in [4.78, 5) is 36.9. The molecular formula is C16H26N2O4. The van der Waals surface area contributed by atoms with Gasteiger partial charge in [-0.25, -0.2) is 4.79 Å². The SMILES string of the molecule is CC(C)NC(=O)CCCC(=O)N1CC2CCCC2C1C(=O)O. The molecule has 3 atom stereocenters. The number of likely N-dealkylation sites (tertiary alicyclic amines) is 1. The Morgan fingerprint density at radius 1 is 1.23 bits per heavy atom. The van der Waals surface area contributed by atoms with Crippen LogP contribution in [0.4, 0.5) is 0 Å². The molecule has 1 heterocycles. The zero-order valence-corrected chi connectivity index (χ0v) is 13.4. The van der Waals surface area contributed by atoms with Crippen molar-refractivity contribution in [3.63, 3.8) is 0 Å². The first-order chi connectivity index (χ1) is 10.4. The van der Waals surface area contributed by atoms with Gasteiger partial charge >= 0.3 is 5.97 Å². The van der Waals surface area contributed by atoms with Gasteiger partial charge in [-0.15, -0.1) is 0 Å². The first-order valence-corrected chi connectivity index (χ1v) is 8.21. The van der Waals surface area contributed by atoms with Crippen LogP contribution in [0.1, 0.15) is 52.4 Å². The van der Waals surface area contributed by atoms with Crippen molar-refractivity contribution in [2.75, 3.05) is 6.54 Å². The molecule has 0 aromatic carbocycles. The van der Waals surface area contributed by atoms with Gasteiger partial charge in [0.15, 0.2) is 0 Å². The van der Waals surface area contributed by atoms with Gasteiger partial charge in [-0.3, -0.25) is 9.59 Å². The van der Waals surface area contributed by atoms with Crippen molar-refractivity contribution in [2.24, 2.45) is 11.8 Å². The Kier molecular flexibility index (Phi) is 5.42. The third-order valence-electron chi connectivity index (χ3n) is 4.71. The molecule has 1 aliphatic heterocycles. The van der Waals surface area contributed by atoms with E-state index in [2.05, 4.69) is 5.32 Å². The van der Waals surface area contributed by atoms with E-state index < -0.39 is 12.0 Å². The minimum absolute atomic E-state index is 0.0594. The summed E-state index contributed by atoms with van der Waals surface area (Å²) in [5.41, 5.74) is 0. The lowest BCUT2D eigenvalue weighted by atomic mass is 9.94. The molecule has 1 saturated heterocycles. The molecular weight excluding hydrogens is 284 g/mol. The van der Waals surface area contributed by atoms with Gasteiger partial charge in [-0.1, -0.05) is 6.42 Å². The second-order valence-electron chi connectivity index (χ2n) is 6.76. The maximum atomic E-state index is 12.3. The average Bonchev–Trinajstić information content (AvgIpc) is 2.96. The minimum atomic E-state index is -0.889. The second-order valence-corrected chi connectivity index (χ2v) is 6.76. The summed E-state index contributed by atoms with van der Waals surface area (Å²) in [6, 6.07) is -0.568. The van der Waals surface area contributed by atoms with Crippen LogP contribution in [-0.2, 0) is 14.4 Å². The highest BCUT2D eigenvalue weighted by molar-refractivity contribution is 5.85. The van der Waals surface area contributed by atoms with Crippen LogP contribution in [0, 0.1) is 11.8 Å². The number of rotatable bonds is 6. The number of hydrogen-bond acceptors (Lipinski definition) is 3. The highest BCUT2D eigenvalue weighted by Crippen LogP contribution is 2.42. The molecule has 0 radical (unpaired) electrons. The van der Waals surface area contributed by atoms with Crippen molar-refractivity contribution >= 4 is 17.8 Å². The quantitative estimate of drug-likeness (QED) is 0.776. The van der Waals surface area contributed by atoms with E-state index in [1.807, 2.05) is 13.8 Å². The molecule has 2 N–H and O–H groups in total. The number of carbonyl (C=O) groups is 3. The number of carbonyl (C=O) groups excluding carboxylic acids is 2. The van der Waals surface area contributed by atoms with Crippen LogP contribution in [0.25, 0.3) is 0 Å². The van der Waals surface area contributed by atoms with Gasteiger partial charge < -0.3 is 15.3 Å². The van der Waals surface area contributed by atoms with Gasteiger partial charge in [0, 0.05) is 25.4 Å². The number of amides is 2. The molecule has 1 aliphatic carbocycles. The number of fused-ring (bicyclic) bond motifs is 1. The van der Waals surface area contributed by atoms with Crippen LogP contribution in [0.3, 0.4) is 0 Å². The molecule has 0 aromatic rings. The molecule has 3 unspecified atom stereocenters. The van der Waals surface area contributed by atoms with Crippen LogP contribution >= 0.6 is 0 Å². The molecule has 2 fully saturated rings. The van der Waals surface area contributed by atoms with Crippen molar-refractivity contribution in [3.05, 3.63) is 0 Å². The van der Waals surface area contributed by atoms with E-state index >= 15 is 0 Å². The Morgan fingerprint density at radius 3 is 2.59 bits per heavy atom. The fourth-order valence-corrected chi connectivity index (χ4v) is 3.82. The largest absolute Gasteiger partial charge is 0.480 e. The topological polar surface area (TPSA) is 86.7 Å². The first kappa shape index (κ1) is 16.8. The van der Waals surface area contributed by atoms with Crippen LogP contribution in [0.2, 0.25) is 0 Å². The lowest BCUT2D eigenvalue weighted by Gasteiger charge is -2.24. The molecule has 0 spiro atoms. The molecule has 2 amide bonds. The summed E-state index contributed by atoms with van der Waals surface area (Å²) in [5.74, 6) is -0.615. The van der Waals surface area contributed by atoms with E-state index in [1.165, 1.54) is 4.90 Å². The molecule has 0 aromatic heterocycles. The number of nitrogens with zero attached hydrogens (tertiary/aromatic N) is 1. The molecule has 22 heavy (non-hydrogen) atoms. The third kappa shape index (κ3) is 3.78. The van der Waals surface area contributed by atoms with E-state index in [0.29, 0.717) is 25.3 Å². The van der Waals surface area contributed by atoms with Crippen molar-refractivity contribution in [3.8, 4) is 0 Å². The Morgan fingerprint density at radius 2 is 1.95 bits per heavy atom. The zero-order valence-electron chi connectivity index (χ0n) is 13.4. The van der Waals surface area contributed by atoms with E-state index in [1.54, 1.807) is 0 Å². The highest BCUT2D eigenvalue weighted by atomic mass is 16.4. The van der Waals surface area contributed by atoms with Gasteiger partial charge in [0.25, 0.3) is 0 Å². The first-order valence-electron chi connectivity index (χ1n) is 8.21.